The molecule has 8 nitrogen and oxygen atoms in total. The molecule has 1 aliphatic rings. The van der Waals surface area contributed by atoms with Crippen LogP contribution in [0.5, 0.6) is 0 Å². The van der Waals surface area contributed by atoms with Crippen LogP contribution in [0.3, 0.4) is 0 Å². The minimum atomic E-state index is -0.813. The average Bonchev–Trinajstić information content (AvgIpc) is 3.31. The van der Waals surface area contributed by atoms with E-state index in [2.05, 4.69) is 20.4 Å². The van der Waals surface area contributed by atoms with Crippen LogP contribution in [0.15, 0.2) is 30.9 Å². The van der Waals surface area contributed by atoms with Gasteiger partial charge >= 0.3 is 0 Å². The molecule has 8 heteroatoms. The van der Waals surface area contributed by atoms with Crippen molar-refractivity contribution in [2.75, 3.05) is 6.54 Å². The third-order valence-electron chi connectivity index (χ3n) is 4.72. The molecule has 0 spiro atoms. The first-order valence-electron chi connectivity index (χ1n) is 8.76. The lowest BCUT2D eigenvalue weighted by Gasteiger charge is -2.33. The molecular weight excluding hydrogens is 332 g/mol. The zero-order valence-corrected chi connectivity index (χ0v) is 15.3. The van der Waals surface area contributed by atoms with Crippen molar-refractivity contribution in [3.8, 4) is 0 Å². The molecule has 0 aliphatic carbocycles. The fraction of sp³-hybridized carbons (Fsp3) is 0.500. The third-order valence-corrected chi connectivity index (χ3v) is 4.72. The van der Waals surface area contributed by atoms with E-state index in [1.54, 1.807) is 11.0 Å². The van der Waals surface area contributed by atoms with Crippen molar-refractivity contribution >= 4 is 11.8 Å². The molecule has 2 amide bonds. The quantitative estimate of drug-likeness (QED) is 0.874. The van der Waals surface area contributed by atoms with Gasteiger partial charge in [-0.2, -0.15) is 5.10 Å². The maximum Gasteiger partial charge on any atom is 0.250 e. The van der Waals surface area contributed by atoms with Crippen LogP contribution < -0.4 is 5.32 Å². The van der Waals surface area contributed by atoms with Crippen LogP contribution >= 0.6 is 0 Å². The first-order valence-corrected chi connectivity index (χ1v) is 8.76. The number of rotatable bonds is 5. The summed E-state index contributed by atoms with van der Waals surface area (Å²) in [5.74, 6) is -0.0935. The lowest BCUT2D eigenvalue weighted by Crippen LogP contribution is -2.47. The summed E-state index contributed by atoms with van der Waals surface area (Å²) in [5.41, 5.74) is 0.827. The van der Waals surface area contributed by atoms with Gasteiger partial charge in [-0.05, 0) is 38.8 Å². The summed E-state index contributed by atoms with van der Waals surface area (Å²) in [6, 6.07) is 5.67. The Balaban J connectivity index is 1.81. The van der Waals surface area contributed by atoms with Crippen molar-refractivity contribution in [1.82, 2.24) is 30.0 Å². The molecule has 0 saturated carbocycles. The number of hydrogen-bond acceptors (Lipinski definition) is 5. The number of carbonyl (C=O) groups excluding carboxylic acids is 2. The minimum absolute atomic E-state index is 0.000404. The predicted molar refractivity (Wildman–Crippen MR) is 94.8 cm³/mol. The van der Waals surface area contributed by atoms with Gasteiger partial charge in [0, 0.05) is 13.5 Å². The van der Waals surface area contributed by atoms with E-state index in [0.29, 0.717) is 13.1 Å². The first kappa shape index (κ1) is 18.0. The van der Waals surface area contributed by atoms with Gasteiger partial charge in [0.2, 0.25) is 5.91 Å². The first-order chi connectivity index (χ1) is 12.4. The number of nitrogens with one attached hydrogen (secondary N) is 1. The summed E-state index contributed by atoms with van der Waals surface area (Å²) in [6.07, 6.45) is 4.80. The molecule has 1 atom stereocenters. The van der Waals surface area contributed by atoms with Crippen LogP contribution in [0.2, 0.25) is 0 Å². The molecule has 138 valence electrons. The van der Waals surface area contributed by atoms with E-state index >= 15 is 0 Å². The van der Waals surface area contributed by atoms with Crippen molar-refractivity contribution in [3.05, 3.63) is 42.2 Å². The highest BCUT2D eigenvalue weighted by atomic mass is 16.2. The summed E-state index contributed by atoms with van der Waals surface area (Å²) >= 11 is 0. The Hall–Kier alpha value is -2.77. The molecule has 0 aromatic carbocycles. The number of hydrogen-bond donors (Lipinski definition) is 1. The van der Waals surface area contributed by atoms with Gasteiger partial charge < -0.3 is 10.2 Å². The maximum absolute atomic E-state index is 13.2. The predicted octanol–water partition coefficient (Wildman–Crippen LogP) is 1.41. The number of likely N-dealkylation sites (tertiary alicyclic amines) is 1. The van der Waals surface area contributed by atoms with Gasteiger partial charge in [-0.1, -0.05) is 6.07 Å². The topological polar surface area (TPSA) is 93.0 Å². The normalized spacial score (nSPS) is 17.3. The monoisotopic (exact) mass is 356 g/mol. The summed E-state index contributed by atoms with van der Waals surface area (Å²) in [4.78, 5) is 34.8. The molecule has 0 bridgehead atoms. The minimum Gasteiger partial charge on any atom is -0.351 e. The van der Waals surface area contributed by atoms with Crippen LogP contribution in [0, 0.1) is 0 Å². The number of carbonyl (C=O) groups is 2. The third kappa shape index (κ3) is 3.58. The summed E-state index contributed by atoms with van der Waals surface area (Å²) in [7, 11) is 0. The fourth-order valence-electron chi connectivity index (χ4n) is 3.26. The van der Waals surface area contributed by atoms with E-state index in [1.165, 1.54) is 13.3 Å². The Morgan fingerprint density at radius 2 is 2.15 bits per heavy atom. The number of aromatic nitrogens is 4. The van der Waals surface area contributed by atoms with Gasteiger partial charge in [-0.3, -0.25) is 14.6 Å². The second-order valence-corrected chi connectivity index (χ2v) is 7.02. The van der Waals surface area contributed by atoms with E-state index < -0.39 is 5.54 Å². The molecule has 0 unspecified atom stereocenters. The molecule has 2 aromatic rings. The largest absolute Gasteiger partial charge is 0.351 e. The summed E-state index contributed by atoms with van der Waals surface area (Å²) in [6.45, 7) is 6.25. The van der Waals surface area contributed by atoms with Gasteiger partial charge in [0.25, 0.3) is 5.91 Å². The Morgan fingerprint density at radius 1 is 1.35 bits per heavy atom. The molecule has 0 radical (unpaired) electrons. The van der Waals surface area contributed by atoms with Crippen molar-refractivity contribution < 1.29 is 9.59 Å². The maximum atomic E-state index is 13.2. The molecular formula is C18H24N6O2. The zero-order chi connectivity index (χ0) is 18.7. The lowest BCUT2D eigenvalue weighted by molar-refractivity contribution is -0.140. The van der Waals surface area contributed by atoms with Crippen molar-refractivity contribution in [2.45, 2.75) is 51.7 Å². The van der Waals surface area contributed by atoms with E-state index in [4.69, 9.17) is 0 Å². The summed E-state index contributed by atoms with van der Waals surface area (Å²) in [5, 5.41) is 6.89. The van der Waals surface area contributed by atoms with Gasteiger partial charge in [0.05, 0.1) is 24.0 Å². The molecule has 1 N–H and O–H groups in total. The van der Waals surface area contributed by atoms with Crippen molar-refractivity contribution in [2.24, 2.45) is 0 Å². The van der Waals surface area contributed by atoms with Crippen LogP contribution in [-0.2, 0) is 21.7 Å². The second kappa shape index (κ2) is 7.23. The van der Waals surface area contributed by atoms with E-state index in [1.807, 2.05) is 36.9 Å². The standard InChI is InChI=1S/C18H24N6O2/c1-13(25)20-10-14-6-4-7-15(22-14)16-8-5-9-23(16)17(26)18(2,3)24-12-19-11-21-24/h4,6-7,11-12,16H,5,8-10H2,1-3H3,(H,20,25)/t16-/m0/s1. The molecule has 2 aromatic heterocycles. The molecule has 26 heavy (non-hydrogen) atoms. The Labute approximate surface area is 152 Å². The van der Waals surface area contributed by atoms with E-state index in [-0.39, 0.29) is 17.9 Å². The molecule has 1 saturated heterocycles. The lowest BCUT2D eigenvalue weighted by atomic mass is 10.0. The van der Waals surface area contributed by atoms with Gasteiger partial charge in [0.1, 0.15) is 18.2 Å². The van der Waals surface area contributed by atoms with Gasteiger partial charge in [-0.25, -0.2) is 9.67 Å². The van der Waals surface area contributed by atoms with Crippen molar-refractivity contribution in [3.63, 3.8) is 0 Å². The molecule has 1 fully saturated rings. The van der Waals surface area contributed by atoms with Crippen molar-refractivity contribution in [1.29, 1.82) is 0 Å². The van der Waals surface area contributed by atoms with Gasteiger partial charge in [-0.15, -0.1) is 0 Å². The van der Waals surface area contributed by atoms with E-state index in [0.717, 1.165) is 24.2 Å². The van der Waals surface area contributed by atoms with Crippen LogP contribution in [0.25, 0.3) is 0 Å². The Bertz CT molecular complexity index is 787. The van der Waals surface area contributed by atoms with Gasteiger partial charge in [0.15, 0.2) is 0 Å². The summed E-state index contributed by atoms with van der Waals surface area (Å²) < 4.78 is 1.59. The zero-order valence-electron chi connectivity index (χ0n) is 15.3. The SMILES string of the molecule is CC(=O)NCc1cccc([C@@H]2CCCN2C(=O)C(C)(C)n2cncn2)n1. The van der Waals surface area contributed by atoms with Crippen LogP contribution in [-0.4, -0.2) is 43.0 Å². The molecule has 3 heterocycles. The van der Waals surface area contributed by atoms with Crippen LogP contribution in [0.1, 0.15) is 51.0 Å². The molecule has 1 aliphatic heterocycles. The van der Waals surface area contributed by atoms with Crippen LogP contribution in [0.4, 0.5) is 0 Å². The number of amides is 2. The van der Waals surface area contributed by atoms with E-state index in [9.17, 15) is 9.59 Å². The highest BCUT2D eigenvalue weighted by Gasteiger charge is 2.40. The number of pyridine rings is 1. The Kier molecular flexibility index (Phi) is 5.01. The smallest absolute Gasteiger partial charge is 0.250 e. The average molecular weight is 356 g/mol. The highest BCUT2D eigenvalue weighted by Crippen LogP contribution is 2.34. The second-order valence-electron chi connectivity index (χ2n) is 7.02. The Morgan fingerprint density at radius 3 is 2.85 bits per heavy atom. The number of nitrogens with zero attached hydrogens (tertiary/aromatic N) is 5. The highest BCUT2D eigenvalue weighted by molar-refractivity contribution is 5.84. The molecule has 3 rings (SSSR count). The fourth-order valence-corrected chi connectivity index (χ4v) is 3.26.